The van der Waals surface area contributed by atoms with E-state index in [1.165, 1.54) is 12.0 Å². The van der Waals surface area contributed by atoms with Crippen LogP contribution < -0.4 is 4.74 Å². The summed E-state index contributed by atoms with van der Waals surface area (Å²) in [4.78, 5) is 24.7. The van der Waals surface area contributed by atoms with Crippen LogP contribution in [0.15, 0.2) is 24.3 Å². The Morgan fingerprint density at radius 1 is 1.44 bits per heavy atom. The number of carboxylic acid groups (broad SMARTS) is 1. The number of hydrogen-bond donors (Lipinski definition) is 1. The molecule has 0 spiro atoms. The normalized spacial score (nSPS) is 18.7. The smallest absolute Gasteiger partial charge is 0.326 e. The van der Waals surface area contributed by atoms with Gasteiger partial charge in [0, 0.05) is 12.1 Å². The fourth-order valence-corrected chi connectivity index (χ4v) is 2.19. The molecule has 1 fully saturated rings. The minimum absolute atomic E-state index is 0.251. The van der Waals surface area contributed by atoms with E-state index in [0.717, 1.165) is 6.42 Å². The second-order valence-electron chi connectivity index (χ2n) is 4.23. The van der Waals surface area contributed by atoms with E-state index in [1.807, 2.05) is 0 Å². The van der Waals surface area contributed by atoms with Gasteiger partial charge in [0.2, 0.25) is 0 Å². The maximum atomic E-state index is 12.2. The molecule has 0 bridgehead atoms. The van der Waals surface area contributed by atoms with E-state index in [9.17, 15) is 9.59 Å². The van der Waals surface area contributed by atoms with Crippen molar-refractivity contribution in [3.05, 3.63) is 29.8 Å². The van der Waals surface area contributed by atoms with Gasteiger partial charge in [0.05, 0.1) is 7.11 Å². The van der Waals surface area contributed by atoms with Gasteiger partial charge in [0.15, 0.2) is 0 Å². The van der Waals surface area contributed by atoms with Gasteiger partial charge in [-0.15, -0.1) is 0 Å². The summed E-state index contributed by atoms with van der Waals surface area (Å²) in [6.45, 7) is 0.493. The molecule has 18 heavy (non-hydrogen) atoms. The van der Waals surface area contributed by atoms with Crippen LogP contribution in [0.3, 0.4) is 0 Å². The number of nitrogens with zero attached hydrogens (tertiary/aromatic N) is 1. The summed E-state index contributed by atoms with van der Waals surface area (Å²) >= 11 is 0. The number of rotatable bonds is 3. The Morgan fingerprint density at radius 2 is 2.22 bits per heavy atom. The van der Waals surface area contributed by atoms with E-state index in [4.69, 9.17) is 9.84 Å². The van der Waals surface area contributed by atoms with Crippen LogP contribution >= 0.6 is 0 Å². The second-order valence-corrected chi connectivity index (χ2v) is 4.23. The molecule has 1 aromatic carbocycles. The highest BCUT2D eigenvalue weighted by atomic mass is 16.5. The third-order valence-electron chi connectivity index (χ3n) is 3.12. The highest BCUT2D eigenvalue weighted by Gasteiger charge is 2.34. The predicted octanol–water partition coefficient (Wildman–Crippen LogP) is 1.38. The lowest BCUT2D eigenvalue weighted by molar-refractivity contribution is -0.141. The minimum Gasteiger partial charge on any atom is -0.497 e. The molecule has 5 heteroatoms. The van der Waals surface area contributed by atoms with E-state index in [0.29, 0.717) is 24.3 Å². The third kappa shape index (κ3) is 2.30. The molecule has 1 aliphatic rings. The number of carbonyl (C=O) groups is 2. The first-order valence-electron chi connectivity index (χ1n) is 5.81. The Hall–Kier alpha value is -2.04. The maximum Gasteiger partial charge on any atom is 0.326 e. The molecule has 1 amide bonds. The summed E-state index contributed by atoms with van der Waals surface area (Å²) in [6.07, 6.45) is 1.25. The largest absolute Gasteiger partial charge is 0.497 e. The van der Waals surface area contributed by atoms with E-state index in [-0.39, 0.29) is 5.91 Å². The average molecular weight is 249 g/mol. The van der Waals surface area contributed by atoms with Crippen LogP contribution in [-0.4, -0.2) is 41.6 Å². The van der Waals surface area contributed by atoms with Gasteiger partial charge in [-0.2, -0.15) is 0 Å². The standard InChI is InChI=1S/C13H15NO4/c1-18-10-5-2-4-9(8-10)12(15)14-7-3-6-11(14)13(16)17/h2,4-5,8,11H,3,6-7H2,1H3,(H,16,17). The molecular formula is C13H15NO4. The van der Waals surface area contributed by atoms with Crippen molar-refractivity contribution >= 4 is 11.9 Å². The number of benzene rings is 1. The van der Waals surface area contributed by atoms with Crippen molar-refractivity contribution in [1.29, 1.82) is 0 Å². The number of hydrogen-bond acceptors (Lipinski definition) is 3. The van der Waals surface area contributed by atoms with Crippen molar-refractivity contribution in [1.82, 2.24) is 4.90 Å². The Labute approximate surface area is 105 Å². The number of carboxylic acids is 1. The number of amides is 1. The Morgan fingerprint density at radius 3 is 2.89 bits per heavy atom. The van der Waals surface area contributed by atoms with Gasteiger partial charge in [-0.05, 0) is 31.0 Å². The molecule has 0 radical (unpaired) electrons. The van der Waals surface area contributed by atoms with Crippen LogP contribution in [0.2, 0.25) is 0 Å². The molecule has 0 aromatic heterocycles. The molecule has 1 N–H and O–H groups in total. The minimum atomic E-state index is -0.941. The zero-order chi connectivity index (χ0) is 13.1. The molecule has 1 unspecified atom stereocenters. The molecule has 96 valence electrons. The molecular weight excluding hydrogens is 234 g/mol. The van der Waals surface area contributed by atoms with Crippen molar-refractivity contribution in [2.75, 3.05) is 13.7 Å². The number of aliphatic carboxylic acids is 1. The molecule has 1 saturated heterocycles. The topological polar surface area (TPSA) is 66.8 Å². The third-order valence-corrected chi connectivity index (χ3v) is 3.12. The Balaban J connectivity index is 2.22. The molecule has 0 saturated carbocycles. The quantitative estimate of drug-likeness (QED) is 0.879. The van der Waals surface area contributed by atoms with Crippen molar-refractivity contribution in [3.8, 4) is 5.75 Å². The summed E-state index contributed by atoms with van der Waals surface area (Å²) in [5, 5.41) is 9.06. The van der Waals surface area contributed by atoms with Crippen molar-refractivity contribution in [2.45, 2.75) is 18.9 Å². The van der Waals surface area contributed by atoms with Gasteiger partial charge in [-0.3, -0.25) is 4.79 Å². The van der Waals surface area contributed by atoms with Crippen LogP contribution in [0.4, 0.5) is 0 Å². The van der Waals surface area contributed by atoms with Gasteiger partial charge >= 0.3 is 5.97 Å². The molecule has 5 nitrogen and oxygen atoms in total. The molecule has 1 aromatic rings. The van der Waals surface area contributed by atoms with Gasteiger partial charge in [-0.1, -0.05) is 6.07 Å². The van der Waals surface area contributed by atoms with E-state index in [2.05, 4.69) is 0 Å². The number of likely N-dealkylation sites (tertiary alicyclic amines) is 1. The highest BCUT2D eigenvalue weighted by molar-refractivity contribution is 5.97. The summed E-state index contributed by atoms with van der Waals surface area (Å²) < 4.78 is 5.05. The lowest BCUT2D eigenvalue weighted by Gasteiger charge is -2.21. The van der Waals surface area contributed by atoms with Gasteiger partial charge in [-0.25, -0.2) is 4.79 Å². The zero-order valence-electron chi connectivity index (χ0n) is 10.1. The van der Waals surface area contributed by atoms with Crippen molar-refractivity contribution in [2.24, 2.45) is 0 Å². The average Bonchev–Trinajstić information content (AvgIpc) is 2.87. The predicted molar refractivity (Wildman–Crippen MR) is 64.7 cm³/mol. The Kier molecular flexibility index (Phi) is 3.50. The monoisotopic (exact) mass is 249 g/mol. The number of ether oxygens (including phenoxy) is 1. The van der Waals surface area contributed by atoms with Crippen molar-refractivity contribution < 1.29 is 19.4 Å². The first kappa shape index (κ1) is 12.4. The number of carbonyl (C=O) groups excluding carboxylic acids is 1. The van der Waals surface area contributed by atoms with E-state index < -0.39 is 12.0 Å². The lowest BCUT2D eigenvalue weighted by Crippen LogP contribution is -2.40. The lowest BCUT2D eigenvalue weighted by atomic mass is 10.1. The highest BCUT2D eigenvalue weighted by Crippen LogP contribution is 2.22. The molecule has 1 heterocycles. The van der Waals surface area contributed by atoms with Crippen molar-refractivity contribution in [3.63, 3.8) is 0 Å². The summed E-state index contributed by atoms with van der Waals surface area (Å²) in [6, 6.07) is 6.05. The van der Waals surface area contributed by atoms with Crippen LogP contribution in [0, 0.1) is 0 Å². The van der Waals surface area contributed by atoms with Crippen LogP contribution in [0.1, 0.15) is 23.2 Å². The second kappa shape index (κ2) is 5.08. The van der Waals surface area contributed by atoms with Crippen LogP contribution in [-0.2, 0) is 4.79 Å². The Bertz CT molecular complexity index is 472. The first-order valence-corrected chi connectivity index (χ1v) is 5.81. The van der Waals surface area contributed by atoms with Crippen LogP contribution in [0.25, 0.3) is 0 Å². The van der Waals surface area contributed by atoms with E-state index in [1.54, 1.807) is 24.3 Å². The summed E-state index contributed by atoms with van der Waals surface area (Å²) in [5.41, 5.74) is 0.461. The molecule has 0 aliphatic carbocycles. The molecule has 2 rings (SSSR count). The van der Waals surface area contributed by atoms with Gasteiger partial charge in [0.1, 0.15) is 11.8 Å². The van der Waals surface area contributed by atoms with Gasteiger partial charge in [0.25, 0.3) is 5.91 Å². The van der Waals surface area contributed by atoms with Gasteiger partial charge < -0.3 is 14.7 Å². The first-order chi connectivity index (χ1) is 8.63. The maximum absolute atomic E-state index is 12.2. The summed E-state index contributed by atoms with van der Waals surface area (Å²) in [5.74, 6) is -0.602. The number of methoxy groups -OCH3 is 1. The fourth-order valence-electron chi connectivity index (χ4n) is 2.19. The van der Waals surface area contributed by atoms with Crippen LogP contribution in [0.5, 0.6) is 5.75 Å². The van der Waals surface area contributed by atoms with E-state index >= 15 is 0 Å². The zero-order valence-corrected chi connectivity index (χ0v) is 10.1. The SMILES string of the molecule is COc1cccc(C(=O)N2CCCC2C(=O)O)c1. The molecule has 1 atom stereocenters. The fraction of sp³-hybridized carbons (Fsp3) is 0.385. The molecule has 1 aliphatic heterocycles. The summed E-state index contributed by atoms with van der Waals surface area (Å²) in [7, 11) is 1.53.